The molecule has 170 valence electrons. The van der Waals surface area contributed by atoms with Crippen molar-refractivity contribution in [3.05, 3.63) is 34.4 Å². The summed E-state index contributed by atoms with van der Waals surface area (Å²) in [6.45, 7) is 13.0. The second kappa shape index (κ2) is 8.52. The highest BCUT2D eigenvalue weighted by molar-refractivity contribution is 6.20. The van der Waals surface area contributed by atoms with E-state index < -0.39 is 5.97 Å². The van der Waals surface area contributed by atoms with E-state index in [0.29, 0.717) is 35.8 Å². The van der Waals surface area contributed by atoms with E-state index in [0.717, 1.165) is 25.7 Å². The number of carbonyl (C=O) groups is 3. The lowest BCUT2D eigenvalue weighted by atomic mass is 9.43. The van der Waals surface area contributed by atoms with Crippen LogP contribution in [0, 0.1) is 28.6 Å². The van der Waals surface area contributed by atoms with Crippen molar-refractivity contribution in [3.8, 4) is 0 Å². The summed E-state index contributed by atoms with van der Waals surface area (Å²) in [4.78, 5) is 36.4. The topological polar surface area (TPSA) is 71.4 Å². The Hall–Kier alpha value is -1.97. The molecule has 0 radical (unpaired) electrons. The van der Waals surface area contributed by atoms with Gasteiger partial charge in [-0.25, -0.2) is 0 Å². The molecule has 2 saturated carbocycles. The largest absolute Gasteiger partial charge is 0.481 e. The molecule has 0 heterocycles. The van der Waals surface area contributed by atoms with Gasteiger partial charge in [0.05, 0.1) is 0 Å². The summed E-state index contributed by atoms with van der Waals surface area (Å²) in [5.41, 5.74) is 3.87. The van der Waals surface area contributed by atoms with Gasteiger partial charge in [0, 0.05) is 17.6 Å². The minimum Gasteiger partial charge on any atom is -0.481 e. The number of allylic oxidation sites excluding steroid dienone is 6. The first-order valence-corrected chi connectivity index (χ1v) is 11.8. The van der Waals surface area contributed by atoms with Gasteiger partial charge in [-0.1, -0.05) is 31.9 Å². The number of carbonyl (C=O) groups excluding carboxylic acids is 2. The molecule has 31 heavy (non-hydrogen) atoms. The van der Waals surface area contributed by atoms with Crippen LogP contribution in [0.5, 0.6) is 0 Å². The van der Waals surface area contributed by atoms with Crippen LogP contribution in [0.2, 0.25) is 0 Å². The van der Waals surface area contributed by atoms with Crippen molar-refractivity contribution in [1.29, 1.82) is 0 Å². The van der Waals surface area contributed by atoms with Crippen LogP contribution < -0.4 is 0 Å². The number of carboxylic acid groups (broad SMARTS) is 1. The van der Waals surface area contributed by atoms with Crippen LogP contribution in [-0.2, 0) is 14.4 Å². The van der Waals surface area contributed by atoms with Gasteiger partial charge in [0.15, 0.2) is 11.6 Å². The maximum atomic E-state index is 12.9. The Morgan fingerprint density at radius 2 is 1.84 bits per heavy atom. The van der Waals surface area contributed by atoms with Crippen molar-refractivity contribution in [2.24, 2.45) is 28.6 Å². The minimum atomic E-state index is -0.732. The Balaban J connectivity index is 2.00. The Kier molecular flexibility index (Phi) is 6.51. The van der Waals surface area contributed by atoms with Crippen LogP contribution in [0.1, 0.15) is 86.5 Å². The number of rotatable bonds is 5. The van der Waals surface area contributed by atoms with Gasteiger partial charge in [0.2, 0.25) is 0 Å². The quantitative estimate of drug-likeness (QED) is 0.428. The Labute approximate surface area is 186 Å². The van der Waals surface area contributed by atoms with E-state index in [4.69, 9.17) is 0 Å². The number of carboxylic acids is 1. The minimum absolute atomic E-state index is 0.00326. The second-order valence-electron chi connectivity index (χ2n) is 11.0. The van der Waals surface area contributed by atoms with E-state index in [1.807, 2.05) is 0 Å². The molecule has 0 aromatic carbocycles. The molecule has 3 aliphatic carbocycles. The fraction of sp³-hybridized carbons (Fsp3) is 0.667. The summed E-state index contributed by atoms with van der Waals surface area (Å²) in [6.07, 6.45) is 8.69. The maximum Gasteiger partial charge on any atom is 0.303 e. The fourth-order valence-corrected chi connectivity index (χ4v) is 7.10. The highest BCUT2D eigenvalue weighted by Gasteiger charge is 2.57. The predicted octanol–water partition coefficient (Wildman–Crippen LogP) is 6.07. The fourth-order valence-electron chi connectivity index (χ4n) is 7.10. The van der Waals surface area contributed by atoms with Crippen LogP contribution in [0.25, 0.3) is 0 Å². The normalized spacial score (nSPS) is 35.9. The monoisotopic (exact) mass is 426 g/mol. The van der Waals surface area contributed by atoms with Crippen LogP contribution in [0.3, 0.4) is 0 Å². The molecule has 3 rings (SSSR count). The van der Waals surface area contributed by atoms with Crippen LogP contribution in [0.4, 0.5) is 0 Å². The van der Waals surface area contributed by atoms with Gasteiger partial charge in [-0.3, -0.25) is 14.4 Å². The number of hydrogen-bond donors (Lipinski definition) is 1. The molecule has 0 aromatic rings. The SMILES string of the molecule is CC1=CC(=O)C=C(C[C@]2(C)[C@H]3CCC(=C(C)C)[C@@H](CCC(=O)O)[C@]3(C)CC[C@H]2C)C1=O. The summed E-state index contributed by atoms with van der Waals surface area (Å²) >= 11 is 0. The molecule has 0 spiro atoms. The van der Waals surface area contributed by atoms with E-state index >= 15 is 0 Å². The van der Waals surface area contributed by atoms with Crippen LogP contribution >= 0.6 is 0 Å². The van der Waals surface area contributed by atoms with Crippen molar-refractivity contribution in [1.82, 2.24) is 0 Å². The van der Waals surface area contributed by atoms with E-state index in [1.165, 1.54) is 17.2 Å². The Morgan fingerprint density at radius 1 is 1.16 bits per heavy atom. The van der Waals surface area contributed by atoms with E-state index in [2.05, 4.69) is 34.6 Å². The number of Topliss-reactive ketones (excluding diaryl/α,β-unsaturated/α-hetero) is 1. The molecule has 0 saturated heterocycles. The van der Waals surface area contributed by atoms with Gasteiger partial charge in [-0.05, 0) is 100 Å². The molecule has 2 fully saturated rings. The number of aliphatic carboxylic acids is 1. The van der Waals surface area contributed by atoms with Crippen LogP contribution in [-0.4, -0.2) is 22.6 Å². The first kappa shape index (κ1) is 23.7. The van der Waals surface area contributed by atoms with Crippen molar-refractivity contribution >= 4 is 17.5 Å². The zero-order chi connectivity index (χ0) is 23.1. The number of hydrogen-bond acceptors (Lipinski definition) is 3. The standard InChI is InChI=1S/C27H38O4/c1-16(2)21-7-9-23-26(5,22(21)8-10-24(29)30)12-11-18(4)27(23,6)15-19-14-20(28)13-17(3)25(19)31/h13-14,18,22-23H,7-12,15H2,1-6H3,(H,29,30)/t18-,22-,23+,26+,27+/m1/s1. The first-order valence-electron chi connectivity index (χ1n) is 11.8. The van der Waals surface area contributed by atoms with Gasteiger partial charge >= 0.3 is 5.97 Å². The van der Waals surface area contributed by atoms with Crippen molar-refractivity contribution in [2.75, 3.05) is 0 Å². The average molecular weight is 427 g/mol. The summed E-state index contributed by atoms with van der Waals surface area (Å²) in [5, 5.41) is 9.39. The van der Waals surface area contributed by atoms with Crippen molar-refractivity contribution in [3.63, 3.8) is 0 Å². The molecule has 0 aromatic heterocycles. The van der Waals surface area contributed by atoms with Gasteiger partial charge in [-0.15, -0.1) is 0 Å². The zero-order valence-electron chi connectivity index (χ0n) is 20.0. The highest BCUT2D eigenvalue weighted by Crippen LogP contribution is 2.65. The summed E-state index contributed by atoms with van der Waals surface area (Å²) in [6, 6.07) is 0. The van der Waals surface area contributed by atoms with E-state index in [-0.39, 0.29) is 34.7 Å². The summed E-state index contributed by atoms with van der Waals surface area (Å²) in [5.74, 6) is 0.276. The van der Waals surface area contributed by atoms with E-state index in [1.54, 1.807) is 13.0 Å². The third kappa shape index (κ3) is 4.23. The third-order valence-corrected chi connectivity index (χ3v) is 8.94. The molecule has 4 heteroatoms. The third-order valence-electron chi connectivity index (χ3n) is 8.94. The average Bonchev–Trinajstić information content (AvgIpc) is 2.67. The Bertz CT molecular complexity index is 885. The van der Waals surface area contributed by atoms with Gasteiger partial charge in [0.1, 0.15) is 0 Å². The highest BCUT2D eigenvalue weighted by atomic mass is 16.4. The first-order chi connectivity index (χ1) is 14.4. The van der Waals surface area contributed by atoms with Crippen molar-refractivity contribution < 1.29 is 19.5 Å². The maximum absolute atomic E-state index is 12.9. The zero-order valence-corrected chi connectivity index (χ0v) is 20.0. The molecule has 3 aliphatic rings. The van der Waals surface area contributed by atoms with E-state index in [9.17, 15) is 19.5 Å². The second-order valence-corrected chi connectivity index (χ2v) is 11.0. The summed E-state index contributed by atoms with van der Waals surface area (Å²) < 4.78 is 0. The summed E-state index contributed by atoms with van der Waals surface area (Å²) in [7, 11) is 0. The lowest BCUT2D eigenvalue weighted by Crippen LogP contribution is -2.54. The van der Waals surface area contributed by atoms with Gasteiger partial charge in [-0.2, -0.15) is 0 Å². The number of ketones is 2. The lowest BCUT2D eigenvalue weighted by molar-refractivity contribution is -0.138. The van der Waals surface area contributed by atoms with Gasteiger partial charge < -0.3 is 5.11 Å². The molecule has 0 aliphatic heterocycles. The van der Waals surface area contributed by atoms with Gasteiger partial charge in [0.25, 0.3) is 0 Å². The molecule has 5 atom stereocenters. The molecule has 1 N–H and O–H groups in total. The van der Waals surface area contributed by atoms with Crippen molar-refractivity contribution in [2.45, 2.75) is 86.5 Å². The molecular formula is C27H38O4. The molecule has 0 amide bonds. The molecular weight excluding hydrogens is 388 g/mol. The predicted molar refractivity (Wildman–Crippen MR) is 123 cm³/mol. The molecule has 4 nitrogen and oxygen atoms in total. The molecule has 0 unspecified atom stereocenters. The molecule has 0 bridgehead atoms. The van der Waals surface area contributed by atoms with Crippen LogP contribution in [0.15, 0.2) is 34.4 Å². The Morgan fingerprint density at radius 3 is 2.45 bits per heavy atom. The smallest absolute Gasteiger partial charge is 0.303 e. The number of fused-ring (bicyclic) bond motifs is 1. The lowest BCUT2D eigenvalue weighted by Gasteiger charge is -2.61.